The van der Waals surface area contributed by atoms with E-state index in [0.717, 1.165) is 28.6 Å². The van der Waals surface area contributed by atoms with Gasteiger partial charge in [-0.05, 0) is 36.2 Å². The summed E-state index contributed by atoms with van der Waals surface area (Å²) in [7, 11) is 0. The van der Waals surface area contributed by atoms with Crippen LogP contribution in [0, 0.1) is 0 Å². The molecule has 0 N–H and O–H groups in total. The SMILES string of the molecule is CCn1cc(-c2cnc3ccc(-c4ccccc4)cc3c2)cn1. The summed E-state index contributed by atoms with van der Waals surface area (Å²) in [5.74, 6) is 0. The molecule has 2 heterocycles. The van der Waals surface area contributed by atoms with Crippen molar-refractivity contribution in [1.29, 1.82) is 0 Å². The van der Waals surface area contributed by atoms with E-state index in [-0.39, 0.29) is 0 Å². The number of hydrogen-bond acceptors (Lipinski definition) is 2. The number of fused-ring (bicyclic) bond motifs is 1. The maximum absolute atomic E-state index is 4.59. The summed E-state index contributed by atoms with van der Waals surface area (Å²) >= 11 is 0. The number of rotatable bonds is 3. The van der Waals surface area contributed by atoms with Crippen LogP contribution in [0.3, 0.4) is 0 Å². The van der Waals surface area contributed by atoms with Gasteiger partial charge < -0.3 is 0 Å². The number of aryl methyl sites for hydroxylation is 1. The van der Waals surface area contributed by atoms with Gasteiger partial charge in [-0.15, -0.1) is 0 Å². The van der Waals surface area contributed by atoms with Crippen LogP contribution in [0.25, 0.3) is 33.2 Å². The Morgan fingerprint density at radius 2 is 1.65 bits per heavy atom. The van der Waals surface area contributed by atoms with Crippen LogP contribution in [0.15, 0.2) is 73.2 Å². The third-order valence-electron chi connectivity index (χ3n) is 4.08. The van der Waals surface area contributed by atoms with E-state index in [1.807, 2.05) is 23.1 Å². The van der Waals surface area contributed by atoms with Crippen molar-refractivity contribution in [1.82, 2.24) is 14.8 Å². The largest absolute Gasteiger partial charge is 0.272 e. The molecule has 0 saturated heterocycles. The topological polar surface area (TPSA) is 30.7 Å². The Hall–Kier alpha value is -2.94. The van der Waals surface area contributed by atoms with Gasteiger partial charge in [0.15, 0.2) is 0 Å². The second kappa shape index (κ2) is 5.69. The molecule has 0 radical (unpaired) electrons. The predicted molar refractivity (Wildman–Crippen MR) is 94.1 cm³/mol. The van der Waals surface area contributed by atoms with Crippen molar-refractivity contribution in [2.75, 3.05) is 0 Å². The van der Waals surface area contributed by atoms with E-state index in [9.17, 15) is 0 Å². The summed E-state index contributed by atoms with van der Waals surface area (Å²) in [5, 5.41) is 5.49. The lowest BCUT2D eigenvalue weighted by atomic mass is 10.0. The molecule has 0 amide bonds. The molecule has 0 atom stereocenters. The Bertz CT molecular complexity index is 955. The molecule has 0 aliphatic rings. The van der Waals surface area contributed by atoms with E-state index in [1.54, 1.807) is 0 Å². The molecule has 3 nitrogen and oxygen atoms in total. The monoisotopic (exact) mass is 299 g/mol. The first-order valence-corrected chi connectivity index (χ1v) is 7.81. The molecule has 0 spiro atoms. The molecule has 2 aromatic heterocycles. The van der Waals surface area contributed by atoms with Crippen LogP contribution in [-0.4, -0.2) is 14.8 Å². The zero-order valence-electron chi connectivity index (χ0n) is 13.0. The molecule has 0 bridgehead atoms. The average molecular weight is 299 g/mol. The molecule has 0 saturated carbocycles. The van der Waals surface area contributed by atoms with E-state index in [2.05, 4.69) is 71.7 Å². The molecule has 112 valence electrons. The van der Waals surface area contributed by atoms with Gasteiger partial charge in [0, 0.05) is 35.5 Å². The lowest BCUT2D eigenvalue weighted by molar-refractivity contribution is 0.660. The smallest absolute Gasteiger partial charge is 0.0702 e. The standard InChI is InChI=1S/C20H17N3/c1-2-23-14-19(13-22-23)18-11-17-10-16(8-9-20(17)21-12-18)15-6-4-3-5-7-15/h3-14H,2H2,1H3. The van der Waals surface area contributed by atoms with Crippen molar-refractivity contribution in [2.45, 2.75) is 13.5 Å². The quantitative estimate of drug-likeness (QED) is 0.545. The maximum Gasteiger partial charge on any atom is 0.0702 e. The first-order valence-electron chi connectivity index (χ1n) is 7.81. The van der Waals surface area contributed by atoms with Gasteiger partial charge in [-0.3, -0.25) is 9.67 Å². The molecule has 23 heavy (non-hydrogen) atoms. The Morgan fingerprint density at radius 3 is 2.43 bits per heavy atom. The van der Waals surface area contributed by atoms with Crippen LogP contribution in [0.5, 0.6) is 0 Å². The summed E-state index contributed by atoms with van der Waals surface area (Å²) < 4.78 is 1.93. The molecule has 2 aromatic carbocycles. The van der Waals surface area contributed by atoms with Crippen LogP contribution in [-0.2, 0) is 6.54 Å². The lowest BCUT2D eigenvalue weighted by Crippen LogP contribution is -1.92. The molecule has 4 rings (SSSR count). The third kappa shape index (κ3) is 2.61. The molecule has 0 unspecified atom stereocenters. The van der Waals surface area contributed by atoms with Gasteiger partial charge in [-0.2, -0.15) is 5.10 Å². The molecule has 4 aromatic rings. The highest BCUT2D eigenvalue weighted by Crippen LogP contribution is 2.27. The molecular formula is C20H17N3. The Labute approximate surface area is 135 Å². The zero-order valence-corrected chi connectivity index (χ0v) is 13.0. The van der Waals surface area contributed by atoms with Crippen molar-refractivity contribution in [2.24, 2.45) is 0 Å². The van der Waals surface area contributed by atoms with Crippen molar-refractivity contribution in [3.63, 3.8) is 0 Å². The molecule has 0 fully saturated rings. The fourth-order valence-electron chi connectivity index (χ4n) is 2.79. The van der Waals surface area contributed by atoms with Crippen LogP contribution in [0.1, 0.15) is 6.92 Å². The zero-order chi connectivity index (χ0) is 15.6. The second-order valence-corrected chi connectivity index (χ2v) is 5.58. The van der Waals surface area contributed by atoms with Gasteiger partial charge >= 0.3 is 0 Å². The van der Waals surface area contributed by atoms with E-state index >= 15 is 0 Å². The highest BCUT2D eigenvalue weighted by Gasteiger charge is 2.05. The average Bonchev–Trinajstić information content (AvgIpc) is 3.11. The fourth-order valence-corrected chi connectivity index (χ4v) is 2.79. The van der Waals surface area contributed by atoms with Crippen LogP contribution < -0.4 is 0 Å². The van der Waals surface area contributed by atoms with Gasteiger partial charge in [-0.1, -0.05) is 36.4 Å². The minimum Gasteiger partial charge on any atom is -0.272 e. The van der Waals surface area contributed by atoms with Crippen molar-refractivity contribution in [3.8, 4) is 22.3 Å². The first kappa shape index (κ1) is 13.7. The number of hydrogen-bond donors (Lipinski definition) is 0. The molecule has 3 heteroatoms. The lowest BCUT2D eigenvalue weighted by Gasteiger charge is -2.05. The van der Waals surface area contributed by atoms with Crippen molar-refractivity contribution in [3.05, 3.63) is 73.2 Å². The summed E-state index contributed by atoms with van der Waals surface area (Å²) in [6.45, 7) is 2.96. The summed E-state index contributed by atoms with van der Waals surface area (Å²) in [6, 6.07) is 19.0. The van der Waals surface area contributed by atoms with Gasteiger partial charge in [-0.25, -0.2) is 0 Å². The van der Waals surface area contributed by atoms with Gasteiger partial charge in [0.2, 0.25) is 0 Å². The van der Waals surface area contributed by atoms with Gasteiger partial charge in [0.05, 0.1) is 11.7 Å². The van der Waals surface area contributed by atoms with Crippen LogP contribution >= 0.6 is 0 Å². The van der Waals surface area contributed by atoms with Gasteiger partial charge in [0.1, 0.15) is 0 Å². The maximum atomic E-state index is 4.59. The highest BCUT2D eigenvalue weighted by molar-refractivity contribution is 5.87. The Balaban J connectivity index is 1.80. The minimum absolute atomic E-state index is 0.874. The Morgan fingerprint density at radius 1 is 0.826 bits per heavy atom. The minimum atomic E-state index is 0.874. The molecular weight excluding hydrogens is 282 g/mol. The first-order chi connectivity index (χ1) is 11.3. The Kier molecular flexibility index (Phi) is 3.39. The molecule has 0 aliphatic carbocycles. The third-order valence-corrected chi connectivity index (χ3v) is 4.08. The van der Waals surface area contributed by atoms with E-state index in [1.165, 1.54) is 11.1 Å². The second-order valence-electron chi connectivity index (χ2n) is 5.58. The van der Waals surface area contributed by atoms with Crippen LogP contribution in [0.4, 0.5) is 0 Å². The normalized spacial score (nSPS) is 11.0. The summed E-state index contributed by atoms with van der Waals surface area (Å²) in [4.78, 5) is 4.59. The van der Waals surface area contributed by atoms with Gasteiger partial charge in [0.25, 0.3) is 0 Å². The summed E-state index contributed by atoms with van der Waals surface area (Å²) in [6.07, 6.45) is 5.87. The predicted octanol–water partition coefficient (Wildman–Crippen LogP) is 4.79. The van der Waals surface area contributed by atoms with Crippen molar-refractivity contribution >= 4 is 10.9 Å². The number of pyridine rings is 1. The van der Waals surface area contributed by atoms with Crippen LogP contribution in [0.2, 0.25) is 0 Å². The fraction of sp³-hybridized carbons (Fsp3) is 0.100. The number of benzene rings is 2. The van der Waals surface area contributed by atoms with E-state index in [4.69, 9.17) is 0 Å². The summed E-state index contributed by atoms with van der Waals surface area (Å²) in [5.41, 5.74) is 5.64. The highest BCUT2D eigenvalue weighted by atomic mass is 15.3. The van der Waals surface area contributed by atoms with E-state index < -0.39 is 0 Å². The van der Waals surface area contributed by atoms with Crippen molar-refractivity contribution < 1.29 is 0 Å². The number of nitrogens with zero attached hydrogens (tertiary/aromatic N) is 3. The molecule has 0 aliphatic heterocycles. The van der Waals surface area contributed by atoms with E-state index in [0.29, 0.717) is 0 Å². The number of aromatic nitrogens is 3.